The minimum atomic E-state index is 0.693. The molecule has 19 heavy (non-hydrogen) atoms. The lowest BCUT2D eigenvalue weighted by Crippen LogP contribution is -2.42. The summed E-state index contributed by atoms with van der Waals surface area (Å²) in [5.41, 5.74) is 0. The molecule has 1 N–H and O–H groups in total. The average Bonchev–Trinajstić information content (AvgIpc) is 2.49. The summed E-state index contributed by atoms with van der Waals surface area (Å²) < 4.78 is 10.9. The molecule has 1 aromatic rings. The number of piperidine rings is 1. The highest BCUT2D eigenvalue weighted by Gasteiger charge is 2.17. The molecule has 1 aromatic carbocycles. The van der Waals surface area contributed by atoms with Gasteiger partial charge in [0.1, 0.15) is 18.1 Å². The minimum absolute atomic E-state index is 0.693. The van der Waals surface area contributed by atoms with Crippen molar-refractivity contribution in [2.45, 2.75) is 18.9 Å². The number of likely N-dealkylation sites (tertiary alicyclic amines) is 1. The molecule has 1 heterocycles. The molecular formula is C15H24N2O2. The van der Waals surface area contributed by atoms with Gasteiger partial charge in [-0.15, -0.1) is 0 Å². The van der Waals surface area contributed by atoms with Crippen LogP contribution in [0.4, 0.5) is 0 Å². The van der Waals surface area contributed by atoms with Crippen molar-refractivity contribution in [3.05, 3.63) is 24.3 Å². The van der Waals surface area contributed by atoms with E-state index in [4.69, 9.17) is 9.47 Å². The van der Waals surface area contributed by atoms with Gasteiger partial charge in [-0.25, -0.2) is 0 Å². The number of hydrogen-bond donors (Lipinski definition) is 1. The Morgan fingerprint density at radius 2 is 1.79 bits per heavy atom. The SMILES string of the molecule is CNC1CCN(CCOc2ccc(OC)cc2)CC1. The molecule has 0 saturated carbocycles. The first kappa shape index (κ1) is 14.2. The van der Waals surface area contributed by atoms with Crippen LogP contribution in [0.15, 0.2) is 24.3 Å². The first-order chi connectivity index (χ1) is 9.31. The van der Waals surface area contributed by atoms with Crippen molar-refractivity contribution in [2.75, 3.05) is 40.4 Å². The molecule has 0 aromatic heterocycles. The van der Waals surface area contributed by atoms with E-state index in [1.165, 1.54) is 12.8 Å². The maximum atomic E-state index is 5.75. The number of nitrogens with zero attached hydrogens (tertiary/aromatic N) is 1. The van der Waals surface area contributed by atoms with Gasteiger partial charge < -0.3 is 14.8 Å². The summed E-state index contributed by atoms with van der Waals surface area (Å²) in [5.74, 6) is 1.77. The summed E-state index contributed by atoms with van der Waals surface area (Å²) in [7, 11) is 3.72. The van der Waals surface area contributed by atoms with Gasteiger partial charge in [-0.3, -0.25) is 4.90 Å². The van der Waals surface area contributed by atoms with E-state index in [0.29, 0.717) is 6.04 Å². The second-order valence-electron chi connectivity index (χ2n) is 4.93. The second kappa shape index (κ2) is 7.36. The van der Waals surface area contributed by atoms with Crippen LogP contribution in [0.3, 0.4) is 0 Å². The summed E-state index contributed by atoms with van der Waals surface area (Å²) in [6.07, 6.45) is 2.47. The number of nitrogens with one attached hydrogen (secondary N) is 1. The van der Waals surface area contributed by atoms with Crippen LogP contribution < -0.4 is 14.8 Å². The molecule has 0 spiro atoms. The molecule has 1 fully saturated rings. The molecule has 0 atom stereocenters. The maximum Gasteiger partial charge on any atom is 0.119 e. The Hall–Kier alpha value is -1.26. The summed E-state index contributed by atoms with van der Waals surface area (Å²) >= 11 is 0. The van der Waals surface area contributed by atoms with Gasteiger partial charge in [0.25, 0.3) is 0 Å². The third-order valence-electron chi connectivity index (χ3n) is 3.73. The van der Waals surface area contributed by atoms with Gasteiger partial charge in [0.15, 0.2) is 0 Å². The third-order valence-corrected chi connectivity index (χ3v) is 3.73. The topological polar surface area (TPSA) is 33.7 Å². The Kier molecular flexibility index (Phi) is 5.48. The number of rotatable bonds is 6. The molecule has 2 rings (SSSR count). The van der Waals surface area contributed by atoms with E-state index in [1.54, 1.807) is 7.11 Å². The molecule has 0 amide bonds. The summed E-state index contributed by atoms with van der Waals surface area (Å²) in [6, 6.07) is 8.44. The summed E-state index contributed by atoms with van der Waals surface area (Å²) in [4.78, 5) is 2.47. The molecule has 0 radical (unpaired) electrons. The molecule has 1 aliphatic rings. The summed E-state index contributed by atoms with van der Waals surface area (Å²) in [5, 5.41) is 3.35. The van der Waals surface area contributed by atoms with Crippen LogP contribution in [0.25, 0.3) is 0 Å². The predicted molar refractivity (Wildman–Crippen MR) is 77.0 cm³/mol. The molecule has 0 bridgehead atoms. The van der Waals surface area contributed by atoms with Crippen molar-refractivity contribution in [3.8, 4) is 11.5 Å². The largest absolute Gasteiger partial charge is 0.497 e. The zero-order chi connectivity index (χ0) is 13.5. The first-order valence-corrected chi connectivity index (χ1v) is 6.98. The molecular weight excluding hydrogens is 240 g/mol. The molecule has 4 nitrogen and oxygen atoms in total. The predicted octanol–water partition coefficient (Wildman–Crippen LogP) is 1.76. The highest BCUT2D eigenvalue weighted by molar-refractivity contribution is 5.31. The van der Waals surface area contributed by atoms with Gasteiger partial charge in [0.05, 0.1) is 7.11 Å². The van der Waals surface area contributed by atoms with Gasteiger partial charge in [0.2, 0.25) is 0 Å². The van der Waals surface area contributed by atoms with Gasteiger partial charge >= 0.3 is 0 Å². The van der Waals surface area contributed by atoms with Crippen molar-refractivity contribution in [1.29, 1.82) is 0 Å². The van der Waals surface area contributed by atoms with E-state index in [-0.39, 0.29) is 0 Å². The summed E-state index contributed by atoms with van der Waals surface area (Å²) in [6.45, 7) is 4.08. The molecule has 106 valence electrons. The monoisotopic (exact) mass is 264 g/mol. The smallest absolute Gasteiger partial charge is 0.119 e. The van der Waals surface area contributed by atoms with Crippen molar-refractivity contribution >= 4 is 0 Å². The number of ether oxygens (including phenoxy) is 2. The van der Waals surface area contributed by atoms with Crippen molar-refractivity contribution in [2.24, 2.45) is 0 Å². The highest BCUT2D eigenvalue weighted by atomic mass is 16.5. The first-order valence-electron chi connectivity index (χ1n) is 6.98. The third kappa shape index (κ3) is 4.40. The standard InChI is InChI=1S/C15H24N2O2/c1-16-13-7-9-17(10-8-13)11-12-19-15-5-3-14(18-2)4-6-15/h3-6,13,16H,7-12H2,1-2H3. The zero-order valence-electron chi connectivity index (χ0n) is 11.9. The Balaban J connectivity index is 1.66. The molecule has 0 unspecified atom stereocenters. The highest BCUT2D eigenvalue weighted by Crippen LogP contribution is 2.17. The fraction of sp³-hybridized carbons (Fsp3) is 0.600. The van der Waals surface area contributed by atoms with Crippen LogP contribution in [0.1, 0.15) is 12.8 Å². The van der Waals surface area contributed by atoms with Gasteiger partial charge in [-0.05, 0) is 57.2 Å². The molecule has 1 aliphatic heterocycles. The lowest BCUT2D eigenvalue weighted by Gasteiger charge is -2.31. The lowest BCUT2D eigenvalue weighted by molar-refractivity contribution is 0.167. The van der Waals surface area contributed by atoms with Crippen molar-refractivity contribution in [1.82, 2.24) is 10.2 Å². The van der Waals surface area contributed by atoms with Crippen LogP contribution in [-0.2, 0) is 0 Å². The average molecular weight is 264 g/mol. The van der Waals surface area contributed by atoms with Crippen molar-refractivity contribution in [3.63, 3.8) is 0 Å². The van der Waals surface area contributed by atoms with Crippen LogP contribution in [-0.4, -0.2) is 51.3 Å². The maximum absolute atomic E-state index is 5.75. The van der Waals surface area contributed by atoms with Crippen LogP contribution >= 0.6 is 0 Å². The van der Waals surface area contributed by atoms with Crippen LogP contribution in [0, 0.1) is 0 Å². The Morgan fingerprint density at radius 3 is 2.37 bits per heavy atom. The Morgan fingerprint density at radius 1 is 1.16 bits per heavy atom. The Labute approximate surface area is 115 Å². The van der Waals surface area contributed by atoms with Gasteiger partial charge in [-0.2, -0.15) is 0 Å². The zero-order valence-corrected chi connectivity index (χ0v) is 11.9. The van der Waals surface area contributed by atoms with E-state index in [2.05, 4.69) is 10.2 Å². The normalized spacial score (nSPS) is 17.4. The fourth-order valence-electron chi connectivity index (χ4n) is 2.41. The van der Waals surface area contributed by atoms with Crippen molar-refractivity contribution < 1.29 is 9.47 Å². The lowest BCUT2D eigenvalue weighted by atomic mass is 10.1. The molecule has 1 saturated heterocycles. The van der Waals surface area contributed by atoms with E-state index < -0.39 is 0 Å². The number of hydrogen-bond acceptors (Lipinski definition) is 4. The van der Waals surface area contributed by atoms with E-state index in [9.17, 15) is 0 Å². The van der Waals surface area contributed by atoms with E-state index >= 15 is 0 Å². The Bertz CT molecular complexity index is 359. The molecule has 0 aliphatic carbocycles. The fourth-order valence-corrected chi connectivity index (χ4v) is 2.41. The minimum Gasteiger partial charge on any atom is -0.497 e. The van der Waals surface area contributed by atoms with Gasteiger partial charge in [-0.1, -0.05) is 0 Å². The second-order valence-corrected chi connectivity index (χ2v) is 4.93. The quantitative estimate of drug-likeness (QED) is 0.849. The van der Waals surface area contributed by atoms with Crippen LogP contribution in [0.2, 0.25) is 0 Å². The number of benzene rings is 1. The number of methoxy groups -OCH3 is 1. The van der Waals surface area contributed by atoms with Crippen LogP contribution in [0.5, 0.6) is 11.5 Å². The van der Waals surface area contributed by atoms with E-state index in [0.717, 1.165) is 37.7 Å². The molecule has 4 heteroatoms. The van der Waals surface area contributed by atoms with E-state index in [1.807, 2.05) is 31.3 Å². The van der Waals surface area contributed by atoms with Gasteiger partial charge in [0, 0.05) is 12.6 Å².